The zero-order chi connectivity index (χ0) is 10.7. The number of nitrogens with zero attached hydrogens (tertiary/aromatic N) is 1. The van der Waals surface area contributed by atoms with Gasteiger partial charge in [-0.05, 0) is 17.5 Å². The Hall–Kier alpha value is -1.63. The van der Waals surface area contributed by atoms with Crippen molar-refractivity contribution < 1.29 is 0 Å². The van der Waals surface area contributed by atoms with Gasteiger partial charge < -0.3 is 0 Å². The Morgan fingerprint density at radius 2 is 1.60 bits per heavy atom. The molecular formula is C14H15N. The first-order valence-corrected chi connectivity index (χ1v) is 5.29. The highest BCUT2D eigenvalue weighted by Crippen LogP contribution is 2.19. The molecule has 2 aromatic rings. The van der Waals surface area contributed by atoms with Crippen LogP contribution in [0.25, 0.3) is 11.1 Å². The molecular weight excluding hydrogens is 182 g/mol. The third kappa shape index (κ3) is 2.24. The zero-order valence-electron chi connectivity index (χ0n) is 9.14. The van der Waals surface area contributed by atoms with Gasteiger partial charge in [0.1, 0.15) is 0 Å². The van der Waals surface area contributed by atoms with E-state index in [1.807, 2.05) is 24.4 Å². The summed E-state index contributed by atoms with van der Waals surface area (Å²) in [5.74, 6) is 0.495. The lowest BCUT2D eigenvalue weighted by molar-refractivity contribution is 0.823. The van der Waals surface area contributed by atoms with Crippen molar-refractivity contribution in [2.24, 2.45) is 0 Å². The number of pyridine rings is 1. The fraction of sp³-hybridized carbons (Fsp3) is 0.214. The molecule has 0 aliphatic rings. The number of hydrogen-bond donors (Lipinski definition) is 0. The van der Waals surface area contributed by atoms with Crippen LogP contribution < -0.4 is 0 Å². The molecule has 0 aliphatic heterocycles. The minimum absolute atomic E-state index is 0.495. The SMILES string of the molecule is CC(C)c1ccc(-c2ccccc2)cn1. The molecule has 0 aliphatic carbocycles. The van der Waals surface area contributed by atoms with Gasteiger partial charge in [-0.2, -0.15) is 0 Å². The normalized spacial score (nSPS) is 10.6. The number of benzene rings is 1. The maximum atomic E-state index is 4.45. The van der Waals surface area contributed by atoms with Gasteiger partial charge in [0.05, 0.1) is 0 Å². The summed E-state index contributed by atoms with van der Waals surface area (Å²) in [7, 11) is 0. The molecule has 0 saturated carbocycles. The summed E-state index contributed by atoms with van der Waals surface area (Å²) >= 11 is 0. The number of hydrogen-bond acceptors (Lipinski definition) is 1. The predicted molar refractivity (Wildman–Crippen MR) is 63.8 cm³/mol. The first-order valence-electron chi connectivity index (χ1n) is 5.29. The van der Waals surface area contributed by atoms with Gasteiger partial charge in [-0.3, -0.25) is 4.98 Å². The topological polar surface area (TPSA) is 12.9 Å². The molecule has 1 aromatic carbocycles. The van der Waals surface area contributed by atoms with Crippen LogP contribution in [0.5, 0.6) is 0 Å². The van der Waals surface area contributed by atoms with Crippen LogP contribution in [0.3, 0.4) is 0 Å². The van der Waals surface area contributed by atoms with E-state index in [1.165, 1.54) is 11.1 Å². The second-order valence-electron chi connectivity index (χ2n) is 3.99. The van der Waals surface area contributed by atoms with Gasteiger partial charge in [-0.1, -0.05) is 50.2 Å². The zero-order valence-corrected chi connectivity index (χ0v) is 9.14. The van der Waals surface area contributed by atoms with E-state index in [0.29, 0.717) is 5.92 Å². The number of rotatable bonds is 2. The summed E-state index contributed by atoms with van der Waals surface area (Å²) in [6.45, 7) is 4.31. The van der Waals surface area contributed by atoms with Crippen molar-refractivity contribution in [3.8, 4) is 11.1 Å². The van der Waals surface area contributed by atoms with Crippen molar-refractivity contribution in [3.05, 3.63) is 54.4 Å². The van der Waals surface area contributed by atoms with E-state index in [1.54, 1.807) is 0 Å². The van der Waals surface area contributed by atoms with Crippen LogP contribution in [0.4, 0.5) is 0 Å². The van der Waals surface area contributed by atoms with E-state index < -0.39 is 0 Å². The Labute approximate surface area is 90.8 Å². The summed E-state index contributed by atoms with van der Waals surface area (Å²) in [5.41, 5.74) is 3.55. The molecule has 0 spiro atoms. The molecule has 0 amide bonds. The molecule has 0 N–H and O–H groups in total. The molecule has 0 atom stereocenters. The van der Waals surface area contributed by atoms with Crippen LogP contribution >= 0.6 is 0 Å². The van der Waals surface area contributed by atoms with E-state index >= 15 is 0 Å². The fourth-order valence-electron chi connectivity index (χ4n) is 1.55. The molecule has 0 fully saturated rings. The fourth-order valence-corrected chi connectivity index (χ4v) is 1.55. The van der Waals surface area contributed by atoms with Gasteiger partial charge in [0, 0.05) is 17.5 Å². The smallest absolute Gasteiger partial charge is 0.0429 e. The largest absolute Gasteiger partial charge is 0.260 e. The van der Waals surface area contributed by atoms with Gasteiger partial charge in [0.15, 0.2) is 0 Å². The van der Waals surface area contributed by atoms with Crippen LogP contribution in [0.1, 0.15) is 25.5 Å². The molecule has 76 valence electrons. The van der Waals surface area contributed by atoms with Gasteiger partial charge in [-0.15, -0.1) is 0 Å². The van der Waals surface area contributed by atoms with Gasteiger partial charge >= 0.3 is 0 Å². The van der Waals surface area contributed by atoms with Crippen molar-refractivity contribution >= 4 is 0 Å². The second kappa shape index (κ2) is 4.26. The lowest BCUT2D eigenvalue weighted by atomic mass is 10.1. The van der Waals surface area contributed by atoms with E-state index in [-0.39, 0.29) is 0 Å². The highest BCUT2D eigenvalue weighted by molar-refractivity contribution is 5.62. The van der Waals surface area contributed by atoms with Crippen LogP contribution in [-0.4, -0.2) is 4.98 Å². The van der Waals surface area contributed by atoms with Gasteiger partial charge in [0.2, 0.25) is 0 Å². The first-order chi connectivity index (χ1) is 7.27. The number of aromatic nitrogens is 1. The average molecular weight is 197 g/mol. The maximum Gasteiger partial charge on any atom is 0.0429 e. The molecule has 0 saturated heterocycles. The first kappa shape index (κ1) is 9.91. The molecule has 15 heavy (non-hydrogen) atoms. The van der Waals surface area contributed by atoms with E-state index in [4.69, 9.17) is 0 Å². The van der Waals surface area contributed by atoms with E-state index in [0.717, 1.165) is 5.69 Å². The predicted octanol–water partition coefficient (Wildman–Crippen LogP) is 3.87. The molecule has 0 radical (unpaired) electrons. The summed E-state index contributed by atoms with van der Waals surface area (Å²) in [4.78, 5) is 4.45. The van der Waals surface area contributed by atoms with Crippen LogP contribution in [-0.2, 0) is 0 Å². The molecule has 2 rings (SSSR count). The Kier molecular flexibility index (Phi) is 2.82. The van der Waals surface area contributed by atoms with Crippen LogP contribution in [0.2, 0.25) is 0 Å². The summed E-state index contributed by atoms with van der Waals surface area (Å²) in [5, 5.41) is 0. The van der Waals surface area contributed by atoms with E-state index in [9.17, 15) is 0 Å². The average Bonchev–Trinajstić information content (AvgIpc) is 2.30. The highest BCUT2D eigenvalue weighted by Gasteiger charge is 2.01. The van der Waals surface area contributed by atoms with Gasteiger partial charge in [0.25, 0.3) is 0 Å². The monoisotopic (exact) mass is 197 g/mol. The quantitative estimate of drug-likeness (QED) is 0.712. The van der Waals surface area contributed by atoms with Crippen molar-refractivity contribution in [2.45, 2.75) is 19.8 Å². The van der Waals surface area contributed by atoms with Gasteiger partial charge in [-0.25, -0.2) is 0 Å². The van der Waals surface area contributed by atoms with Crippen molar-refractivity contribution in [3.63, 3.8) is 0 Å². The Bertz CT molecular complexity index is 415. The molecule has 1 nitrogen and oxygen atoms in total. The Morgan fingerprint density at radius 1 is 0.867 bits per heavy atom. The maximum absolute atomic E-state index is 4.45. The van der Waals surface area contributed by atoms with Crippen molar-refractivity contribution in [1.82, 2.24) is 4.98 Å². The van der Waals surface area contributed by atoms with Crippen LogP contribution in [0, 0.1) is 0 Å². The summed E-state index contributed by atoms with van der Waals surface area (Å²) < 4.78 is 0. The minimum atomic E-state index is 0.495. The Balaban J connectivity index is 2.32. The minimum Gasteiger partial charge on any atom is -0.260 e. The summed E-state index contributed by atoms with van der Waals surface area (Å²) in [6.07, 6.45) is 1.95. The van der Waals surface area contributed by atoms with Crippen LogP contribution in [0.15, 0.2) is 48.7 Å². The van der Waals surface area contributed by atoms with E-state index in [2.05, 4.69) is 43.1 Å². The highest BCUT2D eigenvalue weighted by atomic mass is 14.7. The third-order valence-electron chi connectivity index (χ3n) is 2.49. The van der Waals surface area contributed by atoms with Crippen molar-refractivity contribution in [2.75, 3.05) is 0 Å². The lowest BCUT2D eigenvalue weighted by Gasteiger charge is -2.05. The third-order valence-corrected chi connectivity index (χ3v) is 2.49. The molecule has 1 heteroatoms. The molecule has 1 heterocycles. The van der Waals surface area contributed by atoms with Crippen molar-refractivity contribution in [1.29, 1.82) is 0 Å². The second-order valence-corrected chi connectivity index (χ2v) is 3.99. The molecule has 0 bridgehead atoms. The summed E-state index contributed by atoms with van der Waals surface area (Å²) in [6, 6.07) is 14.6. The lowest BCUT2D eigenvalue weighted by Crippen LogP contribution is -1.91. The molecule has 0 unspecified atom stereocenters. The molecule has 1 aromatic heterocycles. The Morgan fingerprint density at radius 3 is 2.13 bits per heavy atom. The standard InChI is InChI=1S/C14H15N/c1-11(2)14-9-8-13(10-15-14)12-6-4-3-5-7-12/h3-11H,1-2H3.